The molecule has 0 radical (unpaired) electrons. The molecule has 34 heavy (non-hydrogen) atoms. The summed E-state index contributed by atoms with van der Waals surface area (Å²) in [6, 6.07) is 14.7. The van der Waals surface area contributed by atoms with E-state index in [0.717, 1.165) is 36.7 Å². The van der Waals surface area contributed by atoms with E-state index in [1.807, 2.05) is 27.7 Å². The van der Waals surface area contributed by atoms with Gasteiger partial charge in [0.2, 0.25) is 5.91 Å². The molecule has 0 unspecified atom stereocenters. The average molecular weight is 480 g/mol. The number of hydrogen-bond donors (Lipinski definition) is 0. The molecular formula is C26H30FN5OS. The summed E-state index contributed by atoms with van der Waals surface area (Å²) in [6.07, 6.45) is 4.49. The quantitative estimate of drug-likeness (QED) is 0.465. The van der Waals surface area contributed by atoms with Crippen LogP contribution < -0.4 is 4.90 Å². The Morgan fingerprint density at radius 1 is 1.09 bits per heavy atom. The van der Waals surface area contributed by atoms with E-state index in [2.05, 4.69) is 35.0 Å². The van der Waals surface area contributed by atoms with Gasteiger partial charge in [-0.3, -0.25) is 14.3 Å². The fraction of sp³-hybridized carbons (Fsp3) is 0.423. The number of halogens is 1. The van der Waals surface area contributed by atoms with Crippen LogP contribution in [0, 0.1) is 5.82 Å². The zero-order valence-corrected chi connectivity index (χ0v) is 20.5. The lowest BCUT2D eigenvalue weighted by Crippen LogP contribution is -2.37. The molecule has 0 spiro atoms. The lowest BCUT2D eigenvalue weighted by Gasteiger charge is -2.31. The molecule has 2 aliphatic heterocycles. The number of hydrogen-bond acceptors (Lipinski definition) is 5. The summed E-state index contributed by atoms with van der Waals surface area (Å²) in [5.74, 6) is 0.856. The highest BCUT2D eigenvalue weighted by molar-refractivity contribution is 7.99. The van der Waals surface area contributed by atoms with Crippen molar-refractivity contribution < 1.29 is 9.18 Å². The van der Waals surface area contributed by atoms with Gasteiger partial charge >= 0.3 is 0 Å². The zero-order chi connectivity index (χ0) is 23.7. The van der Waals surface area contributed by atoms with Crippen LogP contribution in [0.2, 0.25) is 0 Å². The Kier molecular flexibility index (Phi) is 6.70. The van der Waals surface area contributed by atoms with Crippen LogP contribution in [-0.2, 0) is 11.2 Å². The normalized spacial score (nSPS) is 19.3. The minimum Gasteiger partial charge on any atom is -0.308 e. The van der Waals surface area contributed by atoms with Crippen molar-refractivity contribution in [1.29, 1.82) is 0 Å². The van der Waals surface area contributed by atoms with Gasteiger partial charge in [-0.15, -0.1) is 10.2 Å². The van der Waals surface area contributed by atoms with Gasteiger partial charge < -0.3 is 4.90 Å². The molecule has 1 amide bonds. The van der Waals surface area contributed by atoms with Crippen molar-refractivity contribution in [1.82, 2.24) is 19.7 Å². The Bertz CT molecular complexity index is 1160. The number of rotatable bonds is 6. The van der Waals surface area contributed by atoms with Crippen molar-refractivity contribution >= 4 is 23.4 Å². The summed E-state index contributed by atoms with van der Waals surface area (Å²) >= 11 is 1.39. The molecule has 3 aromatic rings. The summed E-state index contributed by atoms with van der Waals surface area (Å²) < 4.78 is 15.6. The van der Waals surface area contributed by atoms with E-state index < -0.39 is 0 Å². The summed E-state index contributed by atoms with van der Waals surface area (Å²) in [4.78, 5) is 17.6. The molecule has 0 bridgehead atoms. The number of anilines is 1. The second-order valence-electron chi connectivity index (χ2n) is 9.16. The fourth-order valence-electron chi connectivity index (χ4n) is 5.09. The molecule has 2 atom stereocenters. The largest absolute Gasteiger partial charge is 0.308 e. The number of carbonyl (C=O) groups excluding carboxylic acids is 1. The van der Waals surface area contributed by atoms with E-state index in [4.69, 9.17) is 0 Å². The maximum Gasteiger partial charge on any atom is 0.237 e. The number of likely N-dealkylation sites (tertiary alicyclic amines) is 1. The Morgan fingerprint density at radius 2 is 1.82 bits per heavy atom. The third kappa shape index (κ3) is 4.49. The van der Waals surface area contributed by atoms with Crippen molar-refractivity contribution in [3.63, 3.8) is 0 Å². The monoisotopic (exact) mass is 479 g/mol. The first-order chi connectivity index (χ1) is 16.5. The smallest absolute Gasteiger partial charge is 0.237 e. The number of fused-ring (bicyclic) bond motifs is 1. The van der Waals surface area contributed by atoms with Crippen LogP contribution in [0.5, 0.6) is 0 Å². The minimum absolute atomic E-state index is 0.0572. The maximum absolute atomic E-state index is 13.7. The van der Waals surface area contributed by atoms with E-state index in [9.17, 15) is 9.18 Å². The third-order valence-electron chi connectivity index (χ3n) is 6.86. The van der Waals surface area contributed by atoms with Crippen molar-refractivity contribution in [2.45, 2.75) is 56.8 Å². The Morgan fingerprint density at radius 3 is 2.59 bits per heavy atom. The molecule has 5 rings (SSSR count). The third-order valence-corrected chi connectivity index (χ3v) is 7.77. The van der Waals surface area contributed by atoms with Gasteiger partial charge in [0.05, 0.1) is 11.8 Å². The molecule has 2 aromatic carbocycles. The topological polar surface area (TPSA) is 54.3 Å². The van der Waals surface area contributed by atoms with E-state index in [1.54, 1.807) is 12.1 Å². The van der Waals surface area contributed by atoms with E-state index in [1.165, 1.54) is 48.7 Å². The van der Waals surface area contributed by atoms with Gasteiger partial charge in [0.15, 0.2) is 11.0 Å². The number of para-hydroxylation sites is 1. The number of amides is 1. The van der Waals surface area contributed by atoms with Crippen molar-refractivity contribution in [2.75, 3.05) is 23.7 Å². The molecule has 2 aliphatic rings. The van der Waals surface area contributed by atoms with Crippen LogP contribution in [-0.4, -0.2) is 50.5 Å². The first kappa shape index (κ1) is 23.1. The molecule has 8 heteroatoms. The maximum atomic E-state index is 13.7. The number of nitrogens with zero attached hydrogens (tertiary/aromatic N) is 5. The van der Waals surface area contributed by atoms with Gasteiger partial charge in [0.25, 0.3) is 0 Å². The molecule has 3 heterocycles. The summed E-state index contributed by atoms with van der Waals surface area (Å²) in [7, 11) is 0. The van der Waals surface area contributed by atoms with Crippen LogP contribution in [0.3, 0.4) is 0 Å². The molecular weight excluding hydrogens is 449 g/mol. The Labute approximate surface area is 204 Å². The van der Waals surface area contributed by atoms with E-state index >= 15 is 0 Å². The van der Waals surface area contributed by atoms with Gasteiger partial charge in [0, 0.05) is 17.4 Å². The first-order valence-corrected chi connectivity index (χ1v) is 13.0. The molecule has 0 N–H and O–H groups in total. The van der Waals surface area contributed by atoms with E-state index in [-0.39, 0.29) is 29.6 Å². The second kappa shape index (κ2) is 9.88. The molecule has 6 nitrogen and oxygen atoms in total. The summed E-state index contributed by atoms with van der Waals surface area (Å²) in [5, 5.41) is 9.68. The van der Waals surface area contributed by atoms with Gasteiger partial charge in [-0.05, 0) is 82.1 Å². The summed E-state index contributed by atoms with van der Waals surface area (Å²) in [6.45, 7) is 6.30. The number of piperidine rings is 1. The van der Waals surface area contributed by atoms with Gasteiger partial charge in [-0.1, -0.05) is 36.4 Å². The predicted molar refractivity (Wildman–Crippen MR) is 133 cm³/mol. The summed E-state index contributed by atoms with van der Waals surface area (Å²) in [5.41, 5.74) is 3.01. The minimum atomic E-state index is -0.284. The van der Waals surface area contributed by atoms with Crippen LogP contribution in [0.25, 0.3) is 5.69 Å². The zero-order valence-electron chi connectivity index (χ0n) is 19.7. The number of carbonyl (C=O) groups is 1. The average Bonchev–Trinajstić information content (AvgIpc) is 3.43. The number of benzene rings is 2. The molecule has 0 saturated carbocycles. The standard InChI is InChI=1S/C26H30FN5OS/c1-18-16-20-8-4-5-9-23(20)31(18)24(33)17-34-26-29-28-25(19(2)30-14-6-3-7-15-30)32(26)22-12-10-21(27)11-13-22/h4-5,8-13,18-19H,3,6-7,14-17H2,1-2H3/t18-,19+/m0/s1. The molecule has 1 saturated heterocycles. The van der Waals surface area contributed by atoms with Crippen LogP contribution in [0.4, 0.5) is 10.1 Å². The van der Waals surface area contributed by atoms with Gasteiger partial charge in [-0.25, -0.2) is 4.39 Å². The van der Waals surface area contributed by atoms with Crippen LogP contribution in [0.15, 0.2) is 53.7 Å². The Balaban J connectivity index is 1.40. The molecule has 178 valence electrons. The van der Waals surface area contributed by atoms with Gasteiger partial charge in [0.1, 0.15) is 5.82 Å². The predicted octanol–water partition coefficient (Wildman–Crippen LogP) is 5.02. The van der Waals surface area contributed by atoms with Crippen LogP contribution in [0.1, 0.15) is 50.5 Å². The highest BCUT2D eigenvalue weighted by Gasteiger charge is 2.31. The molecule has 1 aromatic heterocycles. The van der Waals surface area contributed by atoms with Crippen LogP contribution >= 0.6 is 11.8 Å². The number of thioether (sulfide) groups is 1. The highest BCUT2D eigenvalue weighted by Crippen LogP contribution is 2.34. The highest BCUT2D eigenvalue weighted by atomic mass is 32.2. The lowest BCUT2D eigenvalue weighted by molar-refractivity contribution is -0.116. The first-order valence-electron chi connectivity index (χ1n) is 12.0. The fourth-order valence-corrected chi connectivity index (χ4v) is 5.91. The molecule has 1 fully saturated rings. The van der Waals surface area contributed by atoms with Crippen molar-refractivity contribution in [3.05, 3.63) is 65.7 Å². The van der Waals surface area contributed by atoms with Gasteiger partial charge in [-0.2, -0.15) is 0 Å². The van der Waals surface area contributed by atoms with E-state index in [0.29, 0.717) is 5.16 Å². The molecule has 0 aliphatic carbocycles. The second-order valence-corrected chi connectivity index (χ2v) is 10.1. The lowest BCUT2D eigenvalue weighted by atomic mass is 10.1. The van der Waals surface area contributed by atoms with Crippen molar-refractivity contribution in [2.24, 2.45) is 0 Å². The van der Waals surface area contributed by atoms with Crippen molar-refractivity contribution in [3.8, 4) is 5.69 Å². The number of aromatic nitrogens is 3. The Hall–Kier alpha value is -2.71. The SMILES string of the molecule is C[C@H](c1nnc(SCC(=O)N2c3ccccc3C[C@@H]2C)n1-c1ccc(F)cc1)N1CCCCC1.